The molecule has 1 aliphatic heterocycles. The van der Waals surface area contributed by atoms with E-state index in [1.54, 1.807) is 77.1 Å². The Hall–Kier alpha value is -6.91. The van der Waals surface area contributed by atoms with Gasteiger partial charge in [0.1, 0.15) is 60.4 Å². The second-order valence-corrected chi connectivity index (χ2v) is 25.1. The van der Waals surface area contributed by atoms with Gasteiger partial charge in [-0.2, -0.15) is 0 Å². The third-order valence-corrected chi connectivity index (χ3v) is 16.2. The Bertz CT molecular complexity index is 2530. The molecule has 0 bridgehead atoms. The molecule has 0 aromatic heterocycles. The third-order valence-electron chi connectivity index (χ3n) is 16.2. The fourth-order valence-electron chi connectivity index (χ4n) is 10.6. The monoisotopic (exact) mass is 1210 g/mol. The lowest BCUT2D eigenvalue weighted by Gasteiger charge is -2.41. The molecule has 12 atom stereocenters. The number of likely N-dealkylation sites (N-methyl/N-ethyl adjacent to an activating group) is 7. The fourth-order valence-corrected chi connectivity index (χ4v) is 10.6. The van der Waals surface area contributed by atoms with Crippen LogP contribution in [0.15, 0.2) is 42.5 Å². The molecule has 1 fully saturated rings. The minimum Gasteiger partial charge on any atom is -0.390 e. The van der Waals surface area contributed by atoms with Gasteiger partial charge in [0, 0.05) is 55.8 Å². The number of benzene rings is 1. The molecule has 1 aromatic carbocycles. The quantitative estimate of drug-likeness (QED) is 0.168. The molecule has 0 unspecified atom stereocenters. The number of nitrogens with zero attached hydrogens (tertiary/aromatic N) is 7. The van der Waals surface area contributed by atoms with Crippen LogP contribution in [0, 0.1) is 29.6 Å². The van der Waals surface area contributed by atoms with Crippen molar-refractivity contribution in [3.8, 4) is 0 Å². The number of hydrogen-bond donors (Lipinski definition) is 5. The topological polar surface area (TPSA) is 279 Å². The molecule has 484 valence electrons. The van der Waals surface area contributed by atoms with Crippen molar-refractivity contribution in [2.24, 2.45) is 29.6 Å². The van der Waals surface area contributed by atoms with E-state index in [-0.39, 0.29) is 49.9 Å². The molecular formula is C63H105N11O12. The van der Waals surface area contributed by atoms with Crippen LogP contribution in [0.1, 0.15) is 135 Å². The lowest BCUT2D eigenvalue weighted by Crippen LogP contribution is -2.63. The molecule has 0 radical (unpaired) electrons. The van der Waals surface area contributed by atoms with E-state index in [1.807, 2.05) is 41.5 Å². The number of rotatable bonds is 14. The molecule has 1 aromatic rings. The Morgan fingerprint density at radius 2 is 1.00 bits per heavy atom. The minimum atomic E-state index is -1.62. The van der Waals surface area contributed by atoms with Gasteiger partial charge in [0.05, 0.1) is 12.6 Å². The van der Waals surface area contributed by atoms with Crippen LogP contribution in [0.3, 0.4) is 0 Å². The number of nitrogens with one attached hydrogen (secondary N) is 4. The van der Waals surface area contributed by atoms with E-state index >= 15 is 9.59 Å². The summed E-state index contributed by atoms with van der Waals surface area (Å²) in [7, 11) is 9.82. The summed E-state index contributed by atoms with van der Waals surface area (Å²) in [5, 5.41) is 23.0. The highest BCUT2D eigenvalue weighted by Gasteiger charge is 2.45. The van der Waals surface area contributed by atoms with Gasteiger partial charge in [-0.15, -0.1) is 0 Å². The van der Waals surface area contributed by atoms with Crippen LogP contribution >= 0.6 is 0 Å². The third kappa shape index (κ3) is 20.6. The maximum Gasteiger partial charge on any atom is 0.246 e. The van der Waals surface area contributed by atoms with Crippen molar-refractivity contribution >= 4 is 65.0 Å². The number of amides is 11. The SMILES string of the molecule is C/C=C/C[C@@H](C)[C@@H](O)[C@H]1C(=O)N[C@@H](CC)C(=O)N(C)CC(=O)N(C)[C@@H](Cc2ccccc2)C(=O)N[C@@H](CC(C)C)C(=O)N(C)[C@@H](C)C(=O)N[C@@H](C)C(=O)N[C@H](C)C(=O)N(C)[C@@H](CC(C)C)C(=O)N(C)[C@H](CC(C)C)C(=O)N(C)[C@@H](C(C)C)C(=O)N1C. The van der Waals surface area contributed by atoms with Crippen molar-refractivity contribution in [1.82, 2.24) is 55.6 Å². The first-order valence-electron chi connectivity index (χ1n) is 30.4. The Labute approximate surface area is 512 Å². The normalized spacial score (nSPS) is 26.5. The second-order valence-electron chi connectivity index (χ2n) is 25.1. The number of aliphatic hydroxyl groups is 1. The number of aliphatic hydroxyl groups excluding tert-OH is 1. The maximum absolute atomic E-state index is 15.2. The fraction of sp³-hybridized carbons (Fsp3) is 0.698. The van der Waals surface area contributed by atoms with Crippen LogP contribution in [0.25, 0.3) is 0 Å². The Morgan fingerprint density at radius 3 is 1.50 bits per heavy atom. The highest BCUT2D eigenvalue weighted by atomic mass is 16.3. The number of carbonyl (C=O) groups excluding carboxylic acids is 11. The lowest BCUT2D eigenvalue weighted by molar-refractivity contribution is -0.157. The van der Waals surface area contributed by atoms with Crippen LogP contribution in [0.4, 0.5) is 0 Å². The molecule has 5 N–H and O–H groups in total. The van der Waals surface area contributed by atoms with E-state index in [9.17, 15) is 48.3 Å². The summed E-state index contributed by atoms with van der Waals surface area (Å²) in [6.07, 6.45) is 2.81. The maximum atomic E-state index is 15.2. The largest absolute Gasteiger partial charge is 0.390 e. The van der Waals surface area contributed by atoms with E-state index in [2.05, 4.69) is 21.3 Å². The highest BCUT2D eigenvalue weighted by molar-refractivity contribution is 5.99. The van der Waals surface area contributed by atoms with Crippen molar-refractivity contribution in [2.45, 2.75) is 202 Å². The van der Waals surface area contributed by atoms with E-state index in [4.69, 9.17) is 0 Å². The molecule has 0 spiro atoms. The average molecular weight is 1210 g/mol. The minimum absolute atomic E-state index is 0.00578. The van der Waals surface area contributed by atoms with Crippen molar-refractivity contribution in [3.05, 3.63) is 48.0 Å². The smallest absolute Gasteiger partial charge is 0.246 e. The summed E-state index contributed by atoms with van der Waals surface area (Å²) in [4.78, 5) is 168. The van der Waals surface area contributed by atoms with Gasteiger partial charge in [0.2, 0.25) is 65.0 Å². The Morgan fingerprint density at radius 1 is 0.512 bits per heavy atom. The van der Waals surface area contributed by atoms with Crippen LogP contribution in [0.5, 0.6) is 0 Å². The van der Waals surface area contributed by atoms with Crippen LogP contribution < -0.4 is 21.3 Å². The predicted octanol–water partition coefficient (Wildman–Crippen LogP) is 2.83. The molecular weight excluding hydrogens is 1100 g/mol. The summed E-state index contributed by atoms with van der Waals surface area (Å²) < 4.78 is 0. The van der Waals surface area contributed by atoms with Gasteiger partial charge in [0.15, 0.2) is 0 Å². The van der Waals surface area contributed by atoms with Gasteiger partial charge < -0.3 is 60.7 Å². The summed E-state index contributed by atoms with van der Waals surface area (Å²) in [5.74, 6) is -9.31. The van der Waals surface area contributed by atoms with Gasteiger partial charge in [-0.1, -0.05) is 112 Å². The molecule has 86 heavy (non-hydrogen) atoms. The van der Waals surface area contributed by atoms with Gasteiger partial charge in [0.25, 0.3) is 0 Å². The lowest BCUT2D eigenvalue weighted by atomic mass is 9.91. The molecule has 23 nitrogen and oxygen atoms in total. The van der Waals surface area contributed by atoms with E-state index in [1.165, 1.54) is 89.7 Å². The average Bonchev–Trinajstić information content (AvgIpc) is 1.46. The molecule has 23 heteroatoms. The number of hydrogen-bond acceptors (Lipinski definition) is 12. The first-order chi connectivity index (χ1) is 40.0. The van der Waals surface area contributed by atoms with E-state index in [0.717, 1.165) is 14.7 Å². The molecule has 2 rings (SSSR count). The molecule has 1 aliphatic rings. The molecule has 11 amide bonds. The van der Waals surface area contributed by atoms with Crippen LogP contribution in [-0.2, 0) is 59.2 Å². The summed E-state index contributed by atoms with van der Waals surface area (Å²) >= 11 is 0. The second kappa shape index (κ2) is 34.4. The molecule has 0 aliphatic carbocycles. The molecule has 0 saturated carbocycles. The van der Waals surface area contributed by atoms with Crippen molar-refractivity contribution in [1.29, 1.82) is 0 Å². The van der Waals surface area contributed by atoms with Crippen LogP contribution in [0.2, 0.25) is 0 Å². The number of carbonyl (C=O) groups is 11. The van der Waals surface area contributed by atoms with Crippen molar-refractivity contribution in [2.75, 3.05) is 55.9 Å². The van der Waals surface area contributed by atoms with Gasteiger partial charge in [-0.05, 0) is 95.0 Å². The zero-order valence-electron chi connectivity index (χ0n) is 55.3. The zero-order chi connectivity index (χ0) is 65.9. The zero-order valence-corrected chi connectivity index (χ0v) is 55.3. The van der Waals surface area contributed by atoms with Crippen molar-refractivity contribution in [3.63, 3.8) is 0 Å². The Balaban J connectivity index is 2.95. The van der Waals surface area contributed by atoms with Gasteiger partial charge in [-0.25, -0.2) is 0 Å². The standard InChI is InChI=1S/C63H105N11O12/c1-22-24-28-40(11)53(76)52-57(80)66-45(23-2)59(82)68(15)35-50(75)70(17)47(34-44-29-26-25-27-30-44)56(79)67-46(31-36(3)4)60(83)69(16)43(14)55(78)64-41(12)54(77)65-42(13)58(81)71(18)48(32-37(5)6)61(84)72(19)49(33-38(7)8)62(85)73(20)51(39(9)10)63(86)74(52)21/h22,24-27,29-30,36-43,45-49,51-53,76H,23,28,31-35H2,1-21H3,(H,64,78)(H,65,77)(H,66,80)(H,67,79)/b24-22+/t40-,41+,42-,43+,45+,46+,47+,48+,49-,51+,52+,53-/m1/s1. The molecule has 1 saturated heterocycles. The van der Waals surface area contributed by atoms with Crippen LogP contribution in [-0.4, -0.2) is 227 Å². The first-order valence-corrected chi connectivity index (χ1v) is 30.4. The Kier molecular flexibility index (Phi) is 30.1. The first kappa shape index (κ1) is 75.2. The highest BCUT2D eigenvalue weighted by Crippen LogP contribution is 2.25. The van der Waals surface area contributed by atoms with Gasteiger partial charge >= 0.3 is 0 Å². The predicted molar refractivity (Wildman–Crippen MR) is 330 cm³/mol. The van der Waals surface area contributed by atoms with Crippen molar-refractivity contribution < 1.29 is 57.8 Å². The summed E-state index contributed by atoms with van der Waals surface area (Å²) in [6, 6.07) is -3.67. The summed E-state index contributed by atoms with van der Waals surface area (Å²) in [6.45, 7) is 23.5. The molecule has 1 heterocycles. The van der Waals surface area contributed by atoms with E-state index in [0.29, 0.717) is 12.0 Å². The summed E-state index contributed by atoms with van der Waals surface area (Å²) in [5.41, 5.74) is 0.675. The van der Waals surface area contributed by atoms with Gasteiger partial charge in [-0.3, -0.25) is 52.7 Å². The number of allylic oxidation sites excluding steroid dienone is 2. The van der Waals surface area contributed by atoms with E-state index < -0.39 is 150 Å².